The van der Waals surface area contributed by atoms with Gasteiger partial charge in [0.15, 0.2) is 0 Å². The van der Waals surface area contributed by atoms with Crippen LogP contribution in [0.15, 0.2) is 0 Å². The van der Waals surface area contributed by atoms with E-state index in [1.165, 1.54) is 6.54 Å². The predicted octanol–water partition coefficient (Wildman–Crippen LogP) is 0.785. The number of rotatable bonds is 5. The van der Waals surface area contributed by atoms with Gasteiger partial charge in [-0.2, -0.15) is 0 Å². The number of likely N-dealkylation sites (tertiary alicyclic amines) is 1. The molecule has 1 N–H and O–H groups in total. The molecule has 0 bridgehead atoms. The van der Waals surface area contributed by atoms with Crippen LogP contribution in [0.4, 0.5) is 0 Å². The highest BCUT2D eigenvalue weighted by Crippen LogP contribution is 2.09. The maximum Gasteiger partial charge on any atom is 0.0667 e. The normalized spacial score (nSPS) is 24.4. The second-order valence-electron chi connectivity index (χ2n) is 4.12. The molecule has 0 aromatic carbocycles. The van der Waals surface area contributed by atoms with Crippen molar-refractivity contribution in [2.45, 2.75) is 32.8 Å². The number of aliphatic hydroxyl groups is 1. The van der Waals surface area contributed by atoms with Crippen LogP contribution in [0.2, 0.25) is 0 Å². The molecule has 1 heterocycles. The molecule has 1 rings (SSSR count). The summed E-state index contributed by atoms with van der Waals surface area (Å²) >= 11 is 0. The highest BCUT2D eigenvalue weighted by molar-refractivity contribution is 4.72. The van der Waals surface area contributed by atoms with Crippen molar-refractivity contribution in [3.63, 3.8) is 0 Å². The van der Waals surface area contributed by atoms with Crippen LogP contribution >= 0.6 is 0 Å². The first-order chi connectivity index (χ1) is 6.76. The van der Waals surface area contributed by atoms with Crippen LogP contribution in [-0.2, 0) is 0 Å². The first-order valence-electron chi connectivity index (χ1n) is 5.89. The van der Waals surface area contributed by atoms with E-state index in [0.717, 1.165) is 45.6 Å². The molecule has 14 heavy (non-hydrogen) atoms. The molecule has 3 nitrogen and oxygen atoms in total. The summed E-state index contributed by atoms with van der Waals surface area (Å²) in [5.74, 6) is 0. The molecule has 0 aromatic rings. The van der Waals surface area contributed by atoms with Crippen molar-refractivity contribution in [2.75, 3.05) is 39.3 Å². The summed E-state index contributed by atoms with van der Waals surface area (Å²) < 4.78 is 0. The summed E-state index contributed by atoms with van der Waals surface area (Å²) in [5, 5.41) is 9.50. The Kier molecular flexibility index (Phi) is 5.45. The lowest BCUT2D eigenvalue weighted by Crippen LogP contribution is -2.42. The van der Waals surface area contributed by atoms with E-state index in [1.807, 2.05) is 0 Å². The lowest BCUT2D eigenvalue weighted by Gasteiger charge is -2.31. The van der Waals surface area contributed by atoms with Crippen molar-refractivity contribution in [2.24, 2.45) is 0 Å². The Morgan fingerprint density at radius 3 is 2.64 bits per heavy atom. The van der Waals surface area contributed by atoms with E-state index in [1.54, 1.807) is 0 Å². The monoisotopic (exact) mass is 200 g/mol. The van der Waals surface area contributed by atoms with Gasteiger partial charge in [0.2, 0.25) is 0 Å². The van der Waals surface area contributed by atoms with Crippen molar-refractivity contribution in [3.8, 4) is 0 Å². The van der Waals surface area contributed by atoms with E-state index in [0.29, 0.717) is 0 Å². The quantitative estimate of drug-likeness (QED) is 0.710. The van der Waals surface area contributed by atoms with Crippen LogP contribution in [0.3, 0.4) is 0 Å². The molecule has 0 amide bonds. The van der Waals surface area contributed by atoms with Crippen LogP contribution in [0, 0.1) is 0 Å². The third kappa shape index (κ3) is 3.95. The standard InChI is InChI=1S/C11H24N2O/c1-3-12(4-2)8-9-13-7-5-6-11(14)10-13/h11,14H,3-10H2,1-2H3/t11-/m0/s1. The molecule has 1 aliphatic heterocycles. The summed E-state index contributed by atoms with van der Waals surface area (Å²) in [6.07, 6.45) is 2.06. The van der Waals surface area contributed by atoms with E-state index < -0.39 is 0 Å². The molecule has 1 aliphatic rings. The Balaban J connectivity index is 2.16. The molecular formula is C11H24N2O. The second-order valence-corrected chi connectivity index (χ2v) is 4.12. The molecule has 0 aromatic heterocycles. The topological polar surface area (TPSA) is 26.7 Å². The largest absolute Gasteiger partial charge is 0.392 e. The third-order valence-electron chi connectivity index (χ3n) is 3.11. The molecular weight excluding hydrogens is 176 g/mol. The van der Waals surface area contributed by atoms with E-state index in [-0.39, 0.29) is 6.10 Å². The highest BCUT2D eigenvalue weighted by Gasteiger charge is 2.17. The summed E-state index contributed by atoms with van der Waals surface area (Å²) in [7, 11) is 0. The Labute approximate surface area is 87.7 Å². The molecule has 0 unspecified atom stereocenters. The maximum atomic E-state index is 9.50. The van der Waals surface area contributed by atoms with Gasteiger partial charge in [0.05, 0.1) is 6.10 Å². The Morgan fingerprint density at radius 1 is 1.36 bits per heavy atom. The fraction of sp³-hybridized carbons (Fsp3) is 1.00. The minimum absolute atomic E-state index is 0.0829. The molecule has 3 heteroatoms. The minimum atomic E-state index is -0.0829. The van der Waals surface area contributed by atoms with E-state index in [9.17, 15) is 5.11 Å². The van der Waals surface area contributed by atoms with Crippen molar-refractivity contribution < 1.29 is 5.11 Å². The SMILES string of the molecule is CCN(CC)CCN1CCC[C@H](O)C1. The number of nitrogens with zero attached hydrogens (tertiary/aromatic N) is 2. The lowest BCUT2D eigenvalue weighted by molar-refractivity contribution is 0.0652. The summed E-state index contributed by atoms with van der Waals surface area (Å²) in [4.78, 5) is 4.81. The van der Waals surface area contributed by atoms with Gasteiger partial charge in [-0.15, -0.1) is 0 Å². The van der Waals surface area contributed by atoms with Gasteiger partial charge in [0, 0.05) is 19.6 Å². The number of aliphatic hydroxyl groups excluding tert-OH is 1. The van der Waals surface area contributed by atoms with Crippen LogP contribution in [0.1, 0.15) is 26.7 Å². The zero-order valence-corrected chi connectivity index (χ0v) is 9.58. The van der Waals surface area contributed by atoms with Crippen LogP contribution in [-0.4, -0.2) is 60.3 Å². The van der Waals surface area contributed by atoms with Gasteiger partial charge < -0.3 is 10.0 Å². The van der Waals surface area contributed by atoms with Crippen molar-refractivity contribution >= 4 is 0 Å². The Bertz CT molecular complexity index is 148. The molecule has 0 aliphatic carbocycles. The van der Waals surface area contributed by atoms with Crippen molar-refractivity contribution in [1.82, 2.24) is 9.80 Å². The predicted molar refractivity (Wildman–Crippen MR) is 59.5 cm³/mol. The fourth-order valence-corrected chi connectivity index (χ4v) is 2.06. The molecule has 0 saturated carbocycles. The third-order valence-corrected chi connectivity index (χ3v) is 3.11. The van der Waals surface area contributed by atoms with Crippen molar-refractivity contribution in [3.05, 3.63) is 0 Å². The molecule has 1 fully saturated rings. The first-order valence-corrected chi connectivity index (χ1v) is 5.89. The van der Waals surface area contributed by atoms with Gasteiger partial charge in [-0.25, -0.2) is 0 Å². The fourth-order valence-electron chi connectivity index (χ4n) is 2.06. The molecule has 1 atom stereocenters. The number of β-amino-alcohol motifs (C(OH)–C–C–N with tert-alkyl or cyclic N) is 1. The number of piperidine rings is 1. The zero-order chi connectivity index (χ0) is 10.4. The number of hydrogen-bond acceptors (Lipinski definition) is 3. The van der Waals surface area contributed by atoms with Gasteiger partial charge in [0.1, 0.15) is 0 Å². The number of hydrogen-bond donors (Lipinski definition) is 1. The van der Waals surface area contributed by atoms with Crippen LogP contribution in [0.5, 0.6) is 0 Å². The molecule has 0 spiro atoms. The highest BCUT2D eigenvalue weighted by atomic mass is 16.3. The minimum Gasteiger partial charge on any atom is -0.392 e. The van der Waals surface area contributed by atoms with Crippen LogP contribution in [0.25, 0.3) is 0 Å². The Morgan fingerprint density at radius 2 is 2.07 bits per heavy atom. The Hall–Kier alpha value is -0.120. The first kappa shape index (κ1) is 12.0. The van der Waals surface area contributed by atoms with Gasteiger partial charge >= 0.3 is 0 Å². The zero-order valence-electron chi connectivity index (χ0n) is 9.58. The average molecular weight is 200 g/mol. The van der Waals surface area contributed by atoms with Gasteiger partial charge in [0.25, 0.3) is 0 Å². The van der Waals surface area contributed by atoms with Gasteiger partial charge in [-0.1, -0.05) is 13.8 Å². The van der Waals surface area contributed by atoms with Gasteiger partial charge in [-0.3, -0.25) is 4.90 Å². The second kappa shape index (κ2) is 6.38. The van der Waals surface area contributed by atoms with E-state index in [4.69, 9.17) is 0 Å². The maximum absolute atomic E-state index is 9.50. The molecule has 1 saturated heterocycles. The average Bonchev–Trinajstić information content (AvgIpc) is 2.19. The van der Waals surface area contributed by atoms with E-state index in [2.05, 4.69) is 23.6 Å². The van der Waals surface area contributed by atoms with Gasteiger partial charge in [-0.05, 0) is 32.5 Å². The summed E-state index contributed by atoms with van der Waals surface area (Å²) in [6, 6.07) is 0. The summed E-state index contributed by atoms with van der Waals surface area (Å²) in [6.45, 7) is 11.0. The smallest absolute Gasteiger partial charge is 0.0667 e. The van der Waals surface area contributed by atoms with E-state index >= 15 is 0 Å². The van der Waals surface area contributed by atoms with Crippen LogP contribution < -0.4 is 0 Å². The van der Waals surface area contributed by atoms with Crippen molar-refractivity contribution in [1.29, 1.82) is 0 Å². The summed E-state index contributed by atoms with van der Waals surface area (Å²) in [5.41, 5.74) is 0. The molecule has 84 valence electrons. The molecule has 0 radical (unpaired) electrons. The number of likely N-dealkylation sites (N-methyl/N-ethyl adjacent to an activating group) is 1. The lowest BCUT2D eigenvalue weighted by atomic mass is 10.1.